The van der Waals surface area contributed by atoms with Crippen LogP contribution in [0.4, 0.5) is 4.79 Å². The van der Waals surface area contributed by atoms with Crippen molar-refractivity contribution in [3.05, 3.63) is 24.0 Å². The minimum atomic E-state index is -0.513. The van der Waals surface area contributed by atoms with Gasteiger partial charge in [-0.1, -0.05) is 0 Å². The monoisotopic (exact) mass is 184 g/mol. The lowest BCUT2D eigenvalue weighted by molar-refractivity contribution is 0.180. The molecular weight excluding hydrogens is 176 g/mol. The summed E-state index contributed by atoms with van der Waals surface area (Å²) in [4.78, 5) is 15.3. The molecule has 0 aromatic carbocycles. The fourth-order valence-corrected chi connectivity index (χ4v) is 1.15. The fraction of sp³-hybridized carbons (Fsp3) is 0.143. The number of amides is 1. The van der Waals surface area contributed by atoms with Crippen LogP contribution in [0.1, 0.15) is 5.69 Å². The Morgan fingerprint density at radius 2 is 2.42 bits per heavy atom. The molecule has 0 saturated carbocycles. The minimum Gasteiger partial charge on any atom is -0.288 e. The predicted octanol–water partition coefficient (Wildman–Crippen LogP) is 1.58. The maximum atomic E-state index is 10.6. The predicted molar refractivity (Wildman–Crippen MR) is 45.1 cm³/mol. The van der Waals surface area contributed by atoms with Gasteiger partial charge in [0.25, 0.3) is 0 Å². The van der Waals surface area contributed by atoms with Crippen LogP contribution in [0.15, 0.2) is 23.2 Å². The third-order valence-corrected chi connectivity index (χ3v) is 1.94. The summed E-state index contributed by atoms with van der Waals surface area (Å²) in [6.07, 6.45) is 1.58. The third kappa shape index (κ3) is 2.52. The Morgan fingerprint density at radius 1 is 1.67 bits per heavy atom. The summed E-state index contributed by atoms with van der Waals surface area (Å²) in [6, 6.07) is 3.56. The van der Waals surface area contributed by atoms with Crippen molar-refractivity contribution in [1.82, 2.24) is 10.5 Å². The number of hydrogen-bond acceptors (Lipinski definition) is 4. The Morgan fingerprint density at radius 3 is 2.92 bits per heavy atom. The highest BCUT2D eigenvalue weighted by molar-refractivity contribution is 8.13. The van der Waals surface area contributed by atoms with Gasteiger partial charge in [-0.15, -0.1) is 0 Å². The van der Waals surface area contributed by atoms with Gasteiger partial charge >= 0.3 is 5.24 Å². The van der Waals surface area contributed by atoms with Gasteiger partial charge < -0.3 is 0 Å². The number of nitrogens with one attached hydrogen (secondary N) is 1. The van der Waals surface area contributed by atoms with E-state index in [-0.39, 0.29) is 0 Å². The first kappa shape index (κ1) is 9.02. The van der Waals surface area contributed by atoms with E-state index in [0.29, 0.717) is 4.90 Å². The van der Waals surface area contributed by atoms with Crippen molar-refractivity contribution in [3.63, 3.8) is 0 Å². The summed E-state index contributed by atoms with van der Waals surface area (Å²) in [7, 11) is 0. The smallest absolute Gasteiger partial charge is 0.288 e. The first-order valence-electron chi connectivity index (χ1n) is 3.27. The standard InChI is InChI=1S/C7H8N2O2S/c1-5-2-3-6(4-8-5)12-7(10)9-11/h2-4,11H,1H3,(H,9,10). The van der Waals surface area contributed by atoms with Crippen LogP contribution < -0.4 is 5.48 Å². The summed E-state index contributed by atoms with van der Waals surface area (Å²) >= 11 is 0.890. The summed E-state index contributed by atoms with van der Waals surface area (Å²) in [5.74, 6) is 0. The van der Waals surface area contributed by atoms with Crippen LogP contribution in [0.5, 0.6) is 0 Å². The van der Waals surface area contributed by atoms with Gasteiger partial charge in [-0.05, 0) is 30.8 Å². The Bertz CT molecular complexity index is 273. The Kier molecular flexibility index (Phi) is 3.07. The SMILES string of the molecule is Cc1ccc(SC(=O)NO)cn1. The molecule has 1 aromatic heterocycles. The van der Waals surface area contributed by atoms with Crippen LogP contribution in [0.3, 0.4) is 0 Å². The zero-order valence-corrected chi connectivity index (χ0v) is 7.26. The Labute approximate surface area is 74.0 Å². The average Bonchev–Trinajstić information content (AvgIpc) is 2.09. The first-order chi connectivity index (χ1) is 5.72. The van der Waals surface area contributed by atoms with Crippen LogP contribution >= 0.6 is 11.8 Å². The molecule has 4 nitrogen and oxygen atoms in total. The molecular formula is C7H8N2O2S. The number of hydrogen-bond donors (Lipinski definition) is 2. The van der Waals surface area contributed by atoms with Gasteiger partial charge in [0, 0.05) is 16.8 Å². The van der Waals surface area contributed by atoms with E-state index in [1.807, 2.05) is 6.92 Å². The second kappa shape index (κ2) is 4.08. The van der Waals surface area contributed by atoms with Gasteiger partial charge in [-0.25, -0.2) is 5.48 Å². The van der Waals surface area contributed by atoms with E-state index in [4.69, 9.17) is 5.21 Å². The second-order valence-electron chi connectivity index (χ2n) is 2.14. The third-order valence-electron chi connectivity index (χ3n) is 1.19. The van der Waals surface area contributed by atoms with Crippen LogP contribution in [0, 0.1) is 6.92 Å². The van der Waals surface area contributed by atoms with Crippen molar-refractivity contribution < 1.29 is 10.0 Å². The molecule has 64 valence electrons. The fourth-order valence-electron chi connectivity index (χ4n) is 0.644. The molecule has 0 aliphatic heterocycles. The molecule has 1 amide bonds. The first-order valence-corrected chi connectivity index (χ1v) is 4.08. The molecule has 0 unspecified atom stereocenters. The molecule has 0 radical (unpaired) electrons. The molecule has 0 aliphatic rings. The number of hydroxylamine groups is 1. The van der Waals surface area contributed by atoms with Crippen LogP contribution in [0.25, 0.3) is 0 Å². The van der Waals surface area contributed by atoms with Crippen LogP contribution in [-0.4, -0.2) is 15.4 Å². The number of rotatable bonds is 1. The molecule has 0 atom stereocenters. The minimum absolute atomic E-state index is 0.513. The van der Waals surface area contributed by atoms with E-state index in [1.54, 1.807) is 18.3 Å². The number of carbonyl (C=O) groups excluding carboxylic acids is 1. The van der Waals surface area contributed by atoms with Crippen molar-refractivity contribution in [2.75, 3.05) is 0 Å². The quantitative estimate of drug-likeness (QED) is 0.395. The number of pyridine rings is 1. The number of carbonyl (C=O) groups is 1. The molecule has 0 saturated heterocycles. The summed E-state index contributed by atoms with van der Waals surface area (Å²) < 4.78 is 0. The van der Waals surface area contributed by atoms with E-state index in [2.05, 4.69) is 4.98 Å². The summed E-state index contributed by atoms with van der Waals surface area (Å²) in [6.45, 7) is 1.86. The molecule has 5 heteroatoms. The zero-order chi connectivity index (χ0) is 8.97. The molecule has 12 heavy (non-hydrogen) atoms. The average molecular weight is 184 g/mol. The molecule has 0 bridgehead atoms. The number of aryl methyl sites for hydroxylation is 1. The topological polar surface area (TPSA) is 62.2 Å². The lowest BCUT2D eigenvalue weighted by Crippen LogP contribution is -2.11. The van der Waals surface area contributed by atoms with Crippen LogP contribution in [0.2, 0.25) is 0 Å². The lowest BCUT2D eigenvalue weighted by atomic mass is 10.4. The van der Waals surface area contributed by atoms with Crippen molar-refractivity contribution in [2.45, 2.75) is 11.8 Å². The molecule has 0 fully saturated rings. The number of nitrogens with zero attached hydrogens (tertiary/aromatic N) is 1. The highest BCUT2D eigenvalue weighted by atomic mass is 32.2. The maximum Gasteiger partial charge on any atom is 0.307 e. The maximum absolute atomic E-state index is 10.6. The highest BCUT2D eigenvalue weighted by Crippen LogP contribution is 2.16. The largest absolute Gasteiger partial charge is 0.307 e. The normalized spacial score (nSPS) is 9.50. The number of aromatic nitrogens is 1. The van der Waals surface area contributed by atoms with Gasteiger partial charge in [-0.2, -0.15) is 0 Å². The number of thioether (sulfide) groups is 1. The van der Waals surface area contributed by atoms with E-state index in [1.165, 1.54) is 5.48 Å². The molecule has 1 heterocycles. The van der Waals surface area contributed by atoms with Crippen molar-refractivity contribution in [2.24, 2.45) is 0 Å². The molecule has 2 N–H and O–H groups in total. The van der Waals surface area contributed by atoms with Crippen molar-refractivity contribution in [3.8, 4) is 0 Å². The summed E-state index contributed by atoms with van der Waals surface area (Å²) in [5.41, 5.74) is 2.42. The zero-order valence-electron chi connectivity index (χ0n) is 6.44. The molecule has 0 aliphatic carbocycles. The van der Waals surface area contributed by atoms with Gasteiger partial charge in [0.05, 0.1) is 0 Å². The van der Waals surface area contributed by atoms with Crippen molar-refractivity contribution >= 4 is 17.0 Å². The van der Waals surface area contributed by atoms with Gasteiger partial charge in [0.1, 0.15) is 0 Å². The Balaban J connectivity index is 2.64. The van der Waals surface area contributed by atoms with Crippen molar-refractivity contribution in [1.29, 1.82) is 0 Å². The van der Waals surface area contributed by atoms with Crippen LogP contribution in [-0.2, 0) is 0 Å². The van der Waals surface area contributed by atoms with Gasteiger partial charge in [0.2, 0.25) is 0 Å². The van der Waals surface area contributed by atoms with Gasteiger partial charge in [-0.3, -0.25) is 15.0 Å². The Hall–Kier alpha value is -1.07. The van der Waals surface area contributed by atoms with Gasteiger partial charge in [0.15, 0.2) is 0 Å². The highest BCUT2D eigenvalue weighted by Gasteiger charge is 2.01. The molecule has 0 spiro atoms. The second-order valence-corrected chi connectivity index (χ2v) is 3.18. The summed E-state index contributed by atoms with van der Waals surface area (Å²) in [5, 5.41) is 7.70. The molecule has 1 rings (SSSR count). The van der Waals surface area contributed by atoms with E-state index >= 15 is 0 Å². The van der Waals surface area contributed by atoms with E-state index in [0.717, 1.165) is 17.5 Å². The van der Waals surface area contributed by atoms with E-state index in [9.17, 15) is 4.79 Å². The van der Waals surface area contributed by atoms with E-state index < -0.39 is 5.24 Å². The lowest BCUT2D eigenvalue weighted by Gasteiger charge is -1.97. The molecule has 1 aromatic rings.